The lowest BCUT2D eigenvalue weighted by Gasteiger charge is -2.35. The molecule has 0 unspecified atom stereocenters. The zero-order valence-electron chi connectivity index (χ0n) is 15.6. The molecule has 1 atom stereocenters. The molecule has 3 heterocycles. The summed E-state index contributed by atoms with van der Waals surface area (Å²) in [5.41, 5.74) is 0. The molecule has 0 bridgehead atoms. The Bertz CT molecular complexity index is 670. The lowest BCUT2D eigenvalue weighted by Crippen LogP contribution is -2.50. The van der Waals surface area contributed by atoms with Crippen LogP contribution in [-0.2, 0) is 16.0 Å². The number of nitro groups is 1. The topological polar surface area (TPSA) is 112 Å². The van der Waals surface area contributed by atoms with Crippen LogP contribution in [0.15, 0.2) is 6.20 Å². The van der Waals surface area contributed by atoms with Crippen molar-refractivity contribution < 1.29 is 23.9 Å². The van der Waals surface area contributed by atoms with Gasteiger partial charge in [0.1, 0.15) is 12.8 Å². The number of rotatable bonds is 6. The Morgan fingerprint density at radius 3 is 2.81 bits per heavy atom. The van der Waals surface area contributed by atoms with Crippen LogP contribution in [0.2, 0.25) is 0 Å². The maximum Gasteiger partial charge on any atom is 0.414 e. The van der Waals surface area contributed by atoms with Gasteiger partial charge in [0, 0.05) is 37.7 Å². The van der Waals surface area contributed by atoms with Crippen molar-refractivity contribution in [1.82, 2.24) is 19.4 Å². The smallest absolute Gasteiger partial charge is 0.414 e. The highest BCUT2D eigenvalue weighted by Gasteiger charge is 2.31. The summed E-state index contributed by atoms with van der Waals surface area (Å²) in [6.07, 6.45) is 0.611. The zero-order chi connectivity index (χ0) is 19.4. The van der Waals surface area contributed by atoms with E-state index in [-0.39, 0.29) is 37.2 Å². The number of piperazine rings is 1. The molecule has 0 spiro atoms. The fraction of sp³-hybridized carbons (Fsp3) is 0.750. The molecule has 150 valence electrons. The monoisotopic (exact) mass is 383 g/mol. The van der Waals surface area contributed by atoms with E-state index in [2.05, 4.69) is 9.88 Å². The first-order valence-electron chi connectivity index (χ1n) is 9.06. The summed E-state index contributed by atoms with van der Waals surface area (Å²) in [4.78, 5) is 30.3. The van der Waals surface area contributed by atoms with Gasteiger partial charge in [-0.25, -0.2) is 4.79 Å². The van der Waals surface area contributed by atoms with Gasteiger partial charge < -0.3 is 29.2 Å². The second kappa shape index (κ2) is 8.53. The number of carbonyl (C=O) groups is 1. The molecule has 1 saturated heterocycles. The van der Waals surface area contributed by atoms with E-state index in [1.807, 2.05) is 13.8 Å². The van der Waals surface area contributed by atoms with Gasteiger partial charge in [0.15, 0.2) is 6.10 Å². The third kappa shape index (κ3) is 5.07. The largest absolute Gasteiger partial charge is 0.442 e. The van der Waals surface area contributed by atoms with Crippen molar-refractivity contribution in [1.29, 1.82) is 0 Å². The van der Waals surface area contributed by atoms with Crippen LogP contribution in [0.5, 0.6) is 6.01 Å². The summed E-state index contributed by atoms with van der Waals surface area (Å²) in [7, 11) is 0. The Labute approximate surface area is 156 Å². The van der Waals surface area contributed by atoms with E-state index in [0.717, 1.165) is 19.6 Å². The molecular weight excluding hydrogens is 358 g/mol. The van der Waals surface area contributed by atoms with Crippen molar-refractivity contribution in [2.75, 3.05) is 45.9 Å². The van der Waals surface area contributed by atoms with Crippen molar-refractivity contribution in [3.63, 3.8) is 0 Å². The Hall–Kier alpha value is -2.40. The predicted molar refractivity (Wildman–Crippen MR) is 93.7 cm³/mol. The lowest BCUT2D eigenvalue weighted by molar-refractivity contribution is -0.389. The first kappa shape index (κ1) is 19.4. The molecule has 11 nitrogen and oxygen atoms in total. The number of imidazole rings is 1. The Morgan fingerprint density at radius 1 is 1.41 bits per heavy atom. The summed E-state index contributed by atoms with van der Waals surface area (Å²) in [5.74, 6) is -0.283. The molecule has 1 fully saturated rings. The molecule has 0 radical (unpaired) electrons. The number of hydrogen-bond donors (Lipinski definition) is 0. The molecule has 1 aromatic rings. The first-order valence-corrected chi connectivity index (χ1v) is 9.06. The summed E-state index contributed by atoms with van der Waals surface area (Å²) in [6.45, 7) is 8.69. The van der Waals surface area contributed by atoms with Gasteiger partial charge in [-0.1, -0.05) is 0 Å². The molecular formula is C16H25N5O6. The van der Waals surface area contributed by atoms with E-state index < -0.39 is 11.0 Å². The fourth-order valence-corrected chi connectivity index (χ4v) is 3.02. The quantitative estimate of drug-likeness (QED) is 0.522. The van der Waals surface area contributed by atoms with E-state index in [1.54, 1.807) is 4.90 Å². The summed E-state index contributed by atoms with van der Waals surface area (Å²) >= 11 is 0. The summed E-state index contributed by atoms with van der Waals surface area (Å²) in [6, 6.07) is 0.172. The van der Waals surface area contributed by atoms with Crippen LogP contribution in [0.4, 0.5) is 10.6 Å². The number of amides is 1. The van der Waals surface area contributed by atoms with Gasteiger partial charge in [-0.2, -0.15) is 0 Å². The van der Waals surface area contributed by atoms with E-state index in [4.69, 9.17) is 14.2 Å². The second-order valence-corrected chi connectivity index (χ2v) is 6.86. The maximum absolute atomic E-state index is 12.4. The van der Waals surface area contributed by atoms with E-state index in [1.165, 1.54) is 10.8 Å². The number of hydrogen-bond acceptors (Lipinski definition) is 8. The van der Waals surface area contributed by atoms with Crippen LogP contribution >= 0.6 is 0 Å². The summed E-state index contributed by atoms with van der Waals surface area (Å²) in [5, 5.41) is 10.8. The molecule has 2 aliphatic heterocycles. The highest BCUT2D eigenvalue weighted by molar-refractivity contribution is 5.68. The predicted octanol–water partition coefficient (Wildman–Crippen LogP) is 0.732. The fourth-order valence-electron chi connectivity index (χ4n) is 3.02. The van der Waals surface area contributed by atoms with Gasteiger partial charge in [-0.05, 0) is 18.8 Å². The molecule has 0 N–H and O–H groups in total. The third-order valence-electron chi connectivity index (χ3n) is 4.47. The van der Waals surface area contributed by atoms with Gasteiger partial charge >= 0.3 is 17.9 Å². The molecule has 27 heavy (non-hydrogen) atoms. The van der Waals surface area contributed by atoms with Crippen LogP contribution in [0.3, 0.4) is 0 Å². The highest BCUT2D eigenvalue weighted by Crippen LogP contribution is 2.22. The SMILES string of the molecule is CC(C)OCCN1CCN(C(=O)O[C@@H]2COc3nc([N+](=O)[O-])cn3C2)CC1. The second-order valence-electron chi connectivity index (χ2n) is 6.86. The molecule has 3 rings (SSSR count). The molecule has 11 heteroatoms. The summed E-state index contributed by atoms with van der Waals surface area (Å²) < 4.78 is 17.9. The minimum absolute atomic E-state index is 0.131. The number of ether oxygens (including phenoxy) is 3. The molecule has 0 saturated carbocycles. The normalized spacial score (nSPS) is 20.3. The number of nitrogens with zero attached hydrogens (tertiary/aromatic N) is 5. The van der Waals surface area contributed by atoms with Gasteiger partial charge in [0.05, 0.1) is 19.3 Å². The van der Waals surface area contributed by atoms with Crippen LogP contribution < -0.4 is 4.74 Å². The molecule has 1 amide bonds. The van der Waals surface area contributed by atoms with Crippen LogP contribution in [0, 0.1) is 10.1 Å². The Kier molecular flexibility index (Phi) is 6.11. The molecule has 1 aromatic heterocycles. The standard InChI is InChI=1S/C16H25N5O6/c1-12(2)25-8-7-18-3-5-19(6-4-18)16(22)27-13-9-20-10-14(21(23)24)17-15(20)26-11-13/h10,12-13H,3-9,11H2,1-2H3/t13-/m0/s1. The van der Waals surface area contributed by atoms with E-state index in [0.29, 0.717) is 19.7 Å². The third-order valence-corrected chi connectivity index (χ3v) is 4.47. The zero-order valence-corrected chi connectivity index (χ0v) is 15.6. The van der Waals surface area contributed by atoms with Crippen molar-refractivity contribution in [2.45, 2.75) is 32.6 Å². The Morgan fingerprint density at radius 2 is 2.15 bits per heavy atom. The van der Waals surface area contributed by atoms with E-state index in [9.17, 15) is 14.9 Å². The molecule has 0 aliphatic carbocycles. The average Bonchev–Trinajstić information content (AvgIpc) is 3.05. The van der Waals surface area contributed by atoms with Crippen LogP contribution in [0.25, 0.3) is 0 Å². The Balaban J connectivity index is 1.43. The van der Waals surface area contributed by atoms with E-state index >= 15 is 0 Å². The lowest BCUT2D eigenvalue weighted by atomic mass is 10.3. The van der Waals surface area contributed by atoms with Crippen molar-refractivity contribution >= 4 is 11.9 Å². The van der Waals surface area contributed by atoms with Gasteiger partial charge in [-0.3, -0.25) is 9.47 Å². The van der Waals surface area contributed by atoms with Gasteiger partial charge in [-0.15, -0.1) is 0 Å². The molecule has 0 aromatic carbocycles. The number of fused-ring (bicyclic) bond motifs is 1. The minimum atomic E-state index is -0.582. The first-order chi connectivity index (χ1) is 12.9. The number of aromatic nitrogens is 2. The number of carbonyl (C=O) groups excluding carboxylic acids is 1. The maximum atomic E-state index is 12.4. The van der Waals surface area contributed by atoms with Crippen LogP contribution in [0.1, 0.15) is 13.8 Å². The minimum Gasteiger partial charge on any atom is -0.442 e. The van der Waals surface area contributed by atoms with Crippen molar-refractivity contribution in [3.05, 3.63) is 16.3 Å². The van der Waals surface area contributed by atoms with Gasteiger partial charge in [0.25, 0.3) is 0 Å². The average molecular weight is 383 g/mol. The van der Waals surface area contributed by atoms with Crippen LogP contribution in [-0.4, -0.2) is 88.5 Å². The van der Waals surface area contributed by atoms with Crippen molar-refractivity contribution in [3.8, 4) is 6.01 Å². The van der Waals surface area contributed by atoms with Gasteiger partial charge in [0.2, 0.25) is 0 Å². The van der Waals surface area contributed by atoms with Crippen molar-refractivity contribution in [2.24, 2.45) is 0 Å². The molecule has 2 aliphatic rings. The highest BCUT2D eigenvalue weighted by atomic mass is 16.6.